The molecule has 2 aliphatic rings. The van der Waals surface area contributed by atoms with E-state index in [-0.39, 0.29) is 5.60 Å². The molecule has 1 aromatic heterocycles. The van der Waals surface area contributed by atoms with Crippen LogP contribution in [0.2, 0.25) is 0 Å². The van der Waals surface area contributed by atoms with E-state index in [2.05, 4.69) is 51.8 Å². The number of piperazine rings is 1. The number of nitrogens with zero attached hydrogens (tertiary/aromatic N) is 5. The number of morpholine rings is 1. The molecule has 1 aromatic rings. The van der Waals surface area contributed by atoms with Crippen LogP contribution in [-0.4, -0.2) is 91.9 Å². The second-order valence-electron chi connectivity index (χ2n) is 7.78. The highest BCUT2D eigenvalue weighted by Gasteiger charge is 2.26. The molecule has 3 heterocycles. The zero-order chi connectivity index (χ0) is 19.1. The summed E-state index contributed by atoms with van der Waals surface area (Å²) in [6, 6.07) is 6.09. The molecule has 2 fully saturated rings. The topological polar surface area (TPSA) is 56.2 Å². The summed E-state index contributed by atoms with van der Waals surface area (Å²) in [6.07, 6.45) is 1.86. The van der Waals surface area contributed by atoms with Crippen molar-refractivity contribution in [3.05, 3.63) is 24.4 Å². The van der Waals surface area contributed by atoms with Gasteiger partial charge in [0, 0.05) is 58.6 Å². The van der Waals surface area contributed by atoms with Crippen LogP contribution in [0.25, 0.3) is 0 Å². The smallest absolute Gasteiger partial charge is 0.194 e. The van der Waals surface area contributed by atoms with Crippen LogP contribution in [0.3, 0.4) is 0 Å². The standard InChI is InChI=1S/C20H34N6O/c1-4-21-19(23-9-10-24-15-16-27-20(2,3)17-24)26-13-11-25(12-14-26)18-7-5-6-8-22-18/h5-8H,4,9-17H2,1-3H3,(H,21,23). The van der Waals surface area contributed by atoms with Gasteiger partial charge < -0.3 is 19.9 Å². The second kappa shape index (κ2) is 9.37. The van der Waals surface area contributed by atoms with Gasteiger partial charge in [0.05, 0.1) is 18.8 Å². The molecular formula is C20H34N6O. The van der Waals surface area contributed by atoms with Gasteiger partial charge in [-0.1, -0.05) is 6.07 Å². The summed E-state index contributed by atoms with van der Waals surface area (Å²) in [6.45, 7) is 15.8. The van der Waals surface area contributed by atoms with Crippen LogP contribution in [0.4, 0.5) is 5.82 Å². The Hall–Kier alpha value is -1.86. The summed E-state index contributed by atoms with van der Waals surface area (Å²) < 4.78 is 5.80. The van der Waals surface area contributed by atoms with Gasteiger partial charge in [-0.05, 0) is 32.9 Å². The van der Waals surface area contributed by atoms with Crippen molar-refractivity contribution < 1.29 is 4.74 Å². The maximum atomic E-state index is 5.80. The molecule has 7 heteroatoms. The average molecular weight is 375 g/mol. The highest BCUT2D eigenvalue weighted by molar-refractivity contribution is 5.80. The van der Waals surface area contributed by atoms with E-state index < -0.39 is 0 Å². The van der Waals surface area contributed by atoms with E-state index >= 15 is 0 Å². The molecule has 0 atom stereocenters. The maximum absolute atomic E-state index is 5.80. The lowest BCUT2D eigenvalue weighted by Crippen LogP contribution is -2.53. The number of hydrogen-bond acceptors (Lipinski definition) is 5. The van der Waals surface area contributed by atoms with Crippen molar-refractivity contribution in [2.45, 2.75) is 26.4 Å². The number of pyridine rings is 1. The summed E-state index contributed by atoms with van der Waals surface area (Å²) >= 11 is 0. The average Bonchev–Trinajstić information content (AvgIpc) is 2.67. The third-order valence-corrected chi connectivity index (χ3v) is 5.07. The summed E-state index contributed by atoms with van der Waals surface area (Å²) in [5.74, 6) is 2.10. The van der Waals surface area contributed by atoms with Crippen LogP contribution in [0.1, 0.15) is 20.8 Å². The lowest BCUT2D eigenvalue weighted by molar-refractivity contribution is -0.0850. The second-order valence-corrected chi connectivity index (χ2v) is 7.78. The van der Waals surface area contributed by atoms with Crippen LogP contribution >= 0.6 is 0 Å². The van der Waals surface area contributed by atoms with Crippen molar-refractivity contribution in [2.75, 3.05) is 70.4 Å². The first-order valence-corrected chi connectivity index (χ1v) is 10.1. The van der Waals surface area contributed by atoms with Crippen molar-refractivity contribution >= 4 is 11.8 Å². The minimum atomic E-state index is -0.0474. The molecule has 3 rings (SSSR count). The molecule has 0 aromatic carbocycles. The minimum Gasteiger partial charge on any atom is -0.373 e. The van der Waals surface area contributed by atoms with Gasteiger partial charge >= 0.3 is 0 Å². The molecule has 27 heavy (non-hydrogen) atoms. The van der Waals surface area contributed by atoms with Crippen LogP contribution < -0.4 is 10.2 Å². The van der Waals surface area contributed by atoms with Gasteiger partial charge in [-0.2, -0.15) is 0 Å². The zero-order valence-electron chi connectivity index (χ0n) is 17.0. The molecule has 0 amide bonds. The van der Waals surface area contributed by atoms with Crippen LogP contribution in [-0.2, 0) is 4.74 Å². The number of ether oxygens (including phenoxy) is 1. The molecule has 1 N–H and O–H groups in total. The van der Waals surface area contributed by atoms with Gasteiger partial charge in [0.25, 0.3) is 0 Å². The summed E-state index contributed by atoms with van der Waals surface area (Å²) in [5, 5.41) is 3.46. The van der Waals surface area contributed by atoms with E-state index in [1.165, 1.54) is 0 Å². The summed E-state index contributed by atoms with van der Waals surface area (Å²) in [5.41, 5.74) is -0.0474. The highest BCUT2D eigenvalue weighted by Crippen LogP contribution is 2.16. The third kappa shape index (κ3) is 5.81. The van der Waals surface area contributed by atoms with Gasteiger partial charge in [-0.3, -0.25) is 9.89 Å². The molecule has 0 spiro atoms. The monoisotopic (exact) mass is 374 g/mol. The molecule has 0 bridgehead atoms. The van der Waals surface area contributed by atoms with E-state index in [0.717, 1.165) is 77.3 Å². The Morgan fingerprint density at radius 2 is 2.04 bits per heavy atom. The lowest BCUT2D eigenvalue weighted by atomic mass is 10.1. The van der Waals surface area contributed by atoms with E-state index in [1.54, 1.807) is 0 Å². The number of guanidine groups is 1. The highest BCUT2D eigenvalue weighted by atomic mass is 16.5. The molecule has 150 valence electrons. The third-order valence-electron chi connectivity index (χ3n) is 5.07. The summed E-state index contributed by atoms with van der Waals surface area (Å²) in [4.78, 5) is 16.5. The number of aliphatic imine (C=N–C) groups is 1. The van der Waals surface area contributed by atoms with Crippen molar-refractivity contribution in [2.24, 2.45) is 4.99 Å². The van der Waals surface area contributed by atoms with Gasteiger partial charge in [0.2, 0.25) is 0 Å². The Bertz CT molecular complexity index is 598. The number of aromatic nitrogens is 1. The van der Waals surface area contributed by atoms with Gasteiger partial charge in [0.1, 0.15) is 5.82 Å². The first-order valence-electron chi connectivity index (χ1n) is 10.1. The van der Waals surface area contributed by atoms with E-state index in [0.29, 0.717) is 0 Å². The van der Waals surface area contributed by atoms with Crippen molar-refractivity contribution in [1.82, 2.24) is 20.1 Å². The predicted molar refractivity (Wildman–Crippen MR) is 110 cm³/mol. The molecule has 0 radical (unpaired) electrons. The SMILES string of the molecule is CCNC(=NCCN1CCOC(C)(C)C1)N1CCN(c2ccccn2)CC1. The van der Waals surface area contributed by atoms with Gasteiger partial charge in [0.15, 0.2) is 5.96 Å². The predicted octanol–water partition coefficient (Wildman–Crippen LogP) is 1.28. The molecule has 0 saturated carbocycles. The minimum absolute atomic E-state index is 0.0474. The van der Waals surface area contributed by atoms with Crippen LogP contribution in [0.5, 0.6) is 0 Å². The fraction of sp³-hybridized carbons (Fsp3) is 0.700. The first kappa shape index (κ1) is 19.9. The Balaban J connectivity index is 1.50. The fourth-order valence-corrected chi connectivity index (χ4v) is 3.72. The summed E-state index contributed by atoms with van der Waals surface area (Å²) in [7, 11) is 0. The maximum Gasteiger partial charge on any atom is 0.194 e. The van der Waals surface area contributed by atoms with E-state index in [9.17, 15) is 0 Å². The molecular weight excluding hydrogens is 340 g/mol. The Morgan fingerprint density at radius 3 is 2.70 bits per heavy atom. The Morgan fingerprint density at radius 1 is 1.22 bits per heavy atom. The number of anilines is 1. The zero-order valence-corrected chi connectivity index (χ0v) is 17.0. The quantitative estimate of drug-likeness (QED) is 0.619. The molecule has 2 aliphatic heterocycles. The van der Waals surface area contributed by atoms with Crippen molar-refractivity contribution in [3.63, 3.8) is 0 Å². The van der Waals surface area contributed by atoms with E-state index in [1.807, 2.05) is 18.3 Å². The fourth-order valence-electron chi connectivity index (χ4n) is 3.72. The number of hydrogen-bond donors (Lipinski definition) is 1. The Labute approximate surface area is 163 Å². The van der Waals surface area contributed by atoms with Crippen molar-refractivity contribution in [3.8, 4) is 0 Å². The largest absolute Gasteiger partial charge is 0.373 e. The Kier molecular flexibility index (Phi) is 6.90. The first-order chi connectivity index (χ1) is 13.1. The van der Waals surface area contributed by atoms with Crippen molar-refractivity contribution in [1.29, 1.82) is 0 Å². The van der Waals surface area contributed by atoms with E-state index in [4.69, 9.17) is 9.73 Å². The molecule has 0 aliphatic carbocycles. The van der Waals surface area contributed by atoms with Gasteiger partial charge in [-0.25, -0.2) is 4.98 Å². The lowest BCUT2D eigenvalue weighted by Gasteiger charge is -2.38. The van der Waals surface area contributed by atoms with Crippen LogP contribution in [0.15, 0.2) is 29.4 Å². The molecule has 2 saturated heterocycles. The number of rotatable bonds is 5. The number of nitrogens with one attached hydrogen (secondary N) is 1. The molecule has 7 nitrogen and oxygen atoms in total. The molecule has 0 unspecified atom stereocenters. The normalized spacial score (nSPS) is 21.4. The van der Waals surface area contributed by atoms with Crippen LogP contribution in [0, 0.1) is 0 Å². The van der Waals surface area contributed by atoms with Gasteiger partial charge in [-0.15, -0.1) is 0 Å².